The average molecular weight is 550 g/mol. The summed E-state index contributed by atoms with van der Waals surface area (Å²) >= 11 is 0. The number of nitrogens with zero attached hydrogens (tertiary/aromatic N) is 4. The number of aromatic nitrogens is 3. The molecule has 1 aliphatic rings. The van der Waals surface area contributed by atoms with E-state index in [-0.39, 0.29) is 22.2 Å². The molecule has 0 radical (unpaired) electrons. The normalized spacial score (nSPS) is 15.4. The van der Waals surface area contributed by atoms with Crippen LogP contribution >= 0.6 is 0 Å². The van der Waals surface area contributed by atoms with E-state index in [9.17, 15) is 18.0 Å². The van der Waals surface area contributed by atoms with Gasteiger partial charge in [-0.25, -0.2) is 13.2 Å². The average Bonchev–Trinajstić information content (AvgIpc) is 3.41. The van der Waals surface area contributed by atoms with Crippen molar-refractivity contribution in [2.75, 3.05) is 20.1 Å². The predicted octanol–water partition coefficient (Wildman–Crippen LogP) is 3.39. The molecule has 0 spiro atoms. The maximum Gasteiger partial charge on any atom is 0.331 e. The van der Waals surface area contributed by atoms with Crippen molar-refractivity contribution in [3.8, 4) is 11.3 Å². The van der Waals surface area contributed by atoms with Crippen LogP contribution in [0.4, 0.5) is 0 Å². The van der Waals surface area contributed by atoms with Gasteiger partial charge in [-0.05, 0) is 48.6 Å². The van der Waals surface area contributed by atoms with Crippen LogP contribution in [0.1, 0.15) is 31.7 Å². The second-order valence-electron chi connectivity index (χ2n) is 10.3. The molecule has 1 aliphatic heterocycles. The fourth-order valence-electron chi connectivity index (χ4n) is 5.41. The Morgan fingerprint density at radius 2 is 1.67 bits per heavy atom. The molecular formula is C29H35N5O4S. The smallest absolute Gasteiger partial charge is 0.331 e. The van der Waals surface area contributed by atoms with Gasteiger partial charge in [-0.2, -0.15) is 4.31 Å². The molecule has 4 aromatic rings. The number of sulfonamides is 1. The minimum Gasteiger partial charge on any atom is -0.349 e. The van der Waals surface area contributed by atoms with Crippen molar-refractivity contribution >= 4 is 21.1 Å². The number of fused-ring (bicyclic) bond motifs is 1. The largest absolute Gasteiger partial charge is 0.349 e. The summed E-state index contributed by atoms with van der Waals surface area (Å²) in [5, 5.41) is 0. The van der Waals surface area contributed by atoms with Crippen LogP contribution in [0.3, 0.4) is 0 Å². The minimum absolute atomic E-state index is 0.0537. The van der Waals surface area contributed by atoms with Gasteiger partial charge in [0.25, 0.3) is 5.56 Å². The van der Waals surface area contributed by atoms with E-state index in [1.54, 1.807) is 44.4 Å². The highest BCUT2D eigenvalue weighted by Crippen LogP contribution is 2.27. The number of H-pyrrole nitrogens is 1. The summed E-state index contributed by atoms with van der Waals surface area (Å²) in [5.41, 5.74) is 2.82. The number of rotatable bonds is 8. The molecule has 0 bridgehead atoms. The third-order valence-corrected chi connectivity index (χ3v) is 9.67. The first kappa shape index (κ1) is 27.1. The molecule has 10 heteroatoms. The number of likely N-dealkylation sites (tertiary alicyclic amines) is 1. The Kier molecular flexibility index (Phi) is 7.61. The second-order valence-corrected chi connectivity index (χ2v) is 12.3. The van der Waals surface area contributed by atoms with Crippen molar-refractivity contribution in [3.63, 3.8) is 0 Å². The van der Waals surface area contributed by atoms with Crippen LogP contribution in [0.25, 0.3) is 22.3 Å². The van der Waals surface area contributed by atoms with E-state index in [0.717, 1.165) is 38.0 Å². The topological polar surface area (TPSA) is 100 Å². The first-order valence-corrected chi connectivity index (χ1v) is 14.8. The van der Waals surface area contributed by atoms with Crippen molar-refractivity contribution in [1.82, 2.24) is 23.3 Å². The molecule has 0 atom stereocenters. The monoisotopic (exact) mass is 549 g/mol. The number of benzene rings is 2. The summed E-state index contributed by atoms with van der Waals surface area (Å²) in [7, 11) is -0.352. The number of hydrogen-bond acceptors (Lipinski definition) is 5. The molecule has 0 aliphatic carbocycles. The summed E-state index contributed by atoms with van der Waals surface area (Å²) in [6, 6.07) is 18.7. The molecule has 3 heterocycles. The first-order valence-electron chi connectivity index (χ1n) is 13.4. The molecule has 1 saturated heterocycles. The zero-order valence-electron chi connectivity index (χ0n) is 22.6. The maximum absolute atomic E-state index is 13.4. The Morgan fingerprint density at radius 1 is 1.00 bits per heavy atom. The van der Waals surface area contributed by atoms with E-state index in [0.29, 0.717) is 29.7 Å². The highest BCUT2D eigenvalue weighted by atomic mass is 32.2. The Balaban J connectivity index is 1.31. The van der Waals surface area contributed by atoms with Crippen LogP contribution < -0.4 is 11.2 Å². The molecule has 5 rings (SSSR count). The number of hydrogen-bond donors (Lipinski definition) is 1. The van der Waals surface area contributed by atoms with Gasteiger partial charge in [-0.3, -0.25) is 18.8 Å². The molecule has 39 heavy (non-hydrogen) atoms. The highest BCUT2D eigenvalue weighted by Gasteiger charge is 2.31. The van der Waals surface area contributed by atoms with Gasteiger partial charge < -0.3 is 4.98 Å². The quantitative estimate of drug-likeness (QED) is 0.363. The van der Waals surface area contributed by atoms with Crippen LogP contribution in [0.15, 0.2) is 75.1 Å². The summed E-state index contributed by atoms with van der Waals surface area (Å²) < 4.78 is 31.1. The third kappa shape index (κ3) is 5.24. The Labute approximate surface area is 228 Å². The summed E-state index contributed by atoms with van der Waals surface area (Å²) in [6.07, 6.45) is 2.24. The lowest BCUT2D eigenvalue weighted by Crippen LogP contribution is -2.45. The zero-order chi connectivity index (χ0) is 27.7. The van der Waals surface area contributed by atoms with Crippen molar-refractivity contribution < 1.29 is 8.42 Å². The molecule has 0 unspecified atom stereocenters. The van der Waals surface area contributed by atoms with Gasteiger partial charge in [-0.1, -0.05) is 49.4 Å². The second kappa shape index (κ2) is 11.0. The summed E-state index contributed by atoms with van der Waals surface area (Å²) in [6.45, 7) is 4.84. The van der Waals surface area contributed by atoms with Gasteiger partial charge in [-0.15, -0.1) is 0 Å². The third-order valence-electron chi connectivity index (χ3n) is 7.74. The minimum atomic E-state index is -3.66. The lowest BCUT2D eigenvalue weighted by molar-refractivity contribution is 0.164. The fraction of sp³-hybridized carbons (Fsp3) is 0.379. The Morgan fingerprint density at radius 3 is 2.31 bits per heavy atom. The van der Waals surface area contributed by atoms with Crippen LogP contribution in [0, 0.1) is 0 Å². The SMILES string of the molecule is CCCn1c(=O)c2[nH]c(-c3ccc(S(=O)(=O)N(C)C4CCN(Cc5ccccc5)CC4)cc3)cc2n(C)c1=O. The predicted molar refractivity (Wildman–Crippen MR) is 153 cm³/mol. The standard InChI is InChI=1S/C29H35N5O4S/c1-4-16-34-28(35)27-26(31(2)29(34)36)19-25(30-27)22-10-12-24(13-11-22)39(37,38)32(3)23-14-17-33(18-15-23)20-21-8-6-5-7-9-21/h5-13,19,23,30H,4,14-18,20H2,1-3H3. The number of nitrogens with one attached hydrogen (secondary N) is 1. The van der Waals surface area contributed by atoms with Gasteiger partial charge in [0.05, 0.1) is 10.4 Å². The first-order chi connectivity index (χ1) is 18.7. The van der Waals surface area contributed by atoms with Gasteiger partial charge in [0.2, 0.25) is 10.0 Å². The van der Waals surface area contributed by atoms with Crippen LogP contribution in [0.2, 0.25) is 0 Å². The van der Waals surface area contributed by atoms with Gasteiger partial charge in [0, 0.05) is 52.0 Å². The van der Waals surface area contributed by atoms with Crippen LogP contribution in [-0.2, 0) is 30.2 Å². The molecule has 2 aromatic carbocycles. The molecule has 206 valence electrons. The molecule has 9 nitrogen and oxygen atoms in total. The fourth-order valence-corrected chi connectivity index (χ4v) is 6.82. The lowest BCUT2D eigenvalue weighted by Gasteiger charge is -2.36. The molecule has 1 fully saturated rings. The van der Waals surface area contributed by atoms with Crippen molar-refractivity contribution in [3.05, 3.63) is 87.1 Å². The summed E-state index contributed by atoms with van der Waals surface area (Å²) in [4.78, 5) is 31.3. The number of piperidine rings is 1. The number of aryl methyl sites for hydroxylation is 1. The molecule has 2 aromatic heterocycles. The molecular weight excluding hydrogens is 514 g/mol. The molecule has 0 saturated carbocycles. The van der Waals surface area contributed by atoms with Crippen LogP contribution in [0.5, 0.6) is 0 Å². The van der Waals surface area contributed by atoms with E-state index in [4.69, 9.17) is 0 Å². The lowest BCUT2D eigenvalue weighted by atomic mass is 10.0. The van der Waals surface area contributed by atoms with Crippen molar-refractivity contribution in [2.45, 2.75) is 50.2 Å². The maximum atomic E-state index is 13.4. The van der Waals surface area contributed by atoms with E-state index < -0.39 is 10.0 Å². The molecule has 1 N–H and O–H groups in total. The molecule has 0 amide bonds. The Hall–Kier alpha value is -3.47. The van der Waals surface area contributed by atoms with E-state index in [1.165, 1.54) is 19.0 Å². The van der Waals surface area contributed by atoms with Gasteiger partial charge >= 0.3 is 5.69 Å². The van der Waals surface area contributed by atoms with E-state index >= 15 is 0 Å². The zero-order valence-corrected chi connectivity index (χ0v) is 23.4. The van der Waals surface area contributed by atoms with Crippen molar-refractivity contribution in [2.24, 2.45) is 7.05 Å². The number of aromatic amines is 1. The Bertz CT molecular complexity index is 1680. The van der Waals surface area contributed by atoms with Crippen molar-refractivity contribution in [1.29, 1.82) is 0 Å². The summed E-state index contributed by atoms with van der Waals surface area (Å²) in [5.74, 6) is 0. The van der Waals surface area contributed by atoms with Gasteiger partial charge in [0.15, 0.2) is 0 Å². The van der Waals surface area contributed by atoms with E-state index in [1.807, 2.05) is 25.1 Å². The highest BCUT2D eigenvalue weighted by molar-refractivity contribution is 7.89. The van der Waals surface area contributed by atoms with Crippen LogP contribution in [-0.4, -0.2) is 57.9 Å². The van der Waals surface area contributed by atoms with E-state index in [2.05, 4.69) is 22.0 Å². The van der Waals surface area contributed by atoms with Gasteiger partial charge in [0.1, 0.15) is 5.52 Å².